The Morgan fingerprint density at radius 2 is 1.81 bits per heavy atom. The van der Waals surface area contributed by atoms with Crippen LogP contribution in [0.1, 0.15) is 34.1 Å². The molecule has 1 amide bonds. The van der Waals surface area contributed by atoms with Gasteiger partial charge in [-0.3, -0.25) is 0 Å². The summed E-state index contributed by atoms with van der Waals surface area (Å²) in [7, 11) is 1.03. The second-order valence-corrected chi connectivity index (χ2v) is 5.72. The van der Waals surface area contributed by atoms with Crippen LogP contribution in [0.3, 0.4) is 0 Å². The largest absolute Gasteiger partial charge is 0.467 e. The third kappa shape index (κ3) is 3.25. The third-order valence-corrected chi connectivity index (χ3v) is 2.91. The second-order valence-electron chi connectivity index (χ2n) is 5.72. The maximum Gasteiger partial charge on any atom is 0.408 e. The van der Waals surface area contributed by atoms with E-state index in [1.54, 1.807) is 20.8 Å². The Morgan fingerprint density at radius 1 is 1.24 bits per heavy atom. The molecule has 1 N–H and O–H groups in total. The first-order chi connectivity index (χ1) is 9.52. The number of nitrogens with one attached hydrogen (secondary N) is 1. The first-order valence-corrected chi connectivity index (χ1v) is 6.48. The number of methoxy groups -OCH3 is 1. The van der Waals surface area contributed by atoms with Crippen LogP contribution in [0, 0.1) is 0 Å². The number of carbonyl (C=O) groups is 3. The number of ether oxygens (including phenoxy) is 3. The van der Waals surface area contributed by atoms with Crippen LogP contribution in [0.2, 0.25) is 0 Å². The summed E-state index contributed by atoms with van der Waals surface area (Å²) in [6.07, 6.45) is -1.57. The molecular weight excluding hydrogens is 285 g/mol. The summed E-state index contributed by atoms with van der Waals surface area (Å²) in [6.45, 7) is 6.29. The highest BCUT2D eigenvalue weighted by atomic mass is 19.1. The average Bonchev–Trinajstić information content (AvgIpc) is 2.94. The van der Waals surface area contributed by atoms with Gasteiger partial charge in [0, 0.05) is 6.42 Å². The van der Waals surface area contributed by atoms with E-state index in [0.717, 1.165) is 7.11 Å². The van der Waals surface area contributed by atoms with Gasteiger partial charge in [0.15, 0.2) is 5.54 Å². The maximum absolute atomic E-state index is 14.6. The molecule has 0 radical (unpaired) electrons. The summed E-state index contributed by atoms with van der Waals surface area (Å²) in [5.41, 5.74) is -5.58. The van der Waals surface area contributed by atoms with Crippen molar-refractivity contribution in [2.75, 3.05) is 13.7 Å². The molecule has 120 valence electrons. The number of alkyl carbamates (subject to hydrolysis) is 1. The molecule has 0 heterocycles. The van der Waals surface area contributed by atoms with Crippen LogP contribution < -0.4 is 5.32 Å². The van der Waals surface area contributed by atoms with Crippen molar-refractivity contribution in [1.29, 1.82) is 0 Å². The zero-order valence-corrected chi connectivity index (χ0v) is 12.7. The minimum Gasteiger partial charge on any atom is -0.467 e. The molecule has 1 fully saturated rings. The van der Waals surface area contributed by atoms with Gasteiger partial charge in [0.1, 0.15) is 5.60 Å². The lowest BCUT2D eigenvalue weighted by Gasteiger charge is -2.23. The van der Waals surface area contributed by atoms with Gasteiger partial charge in [0.25, 0.3) is 0 Å². The molecule has 0 saturated heterocycles. The molecule has 0 aromatic rings. The van der Waals surface area contributed by atoms with E-state index in [0.29, 0.717) is 0 Å². The van der Waals surface area contributed by atoms with Gasteiger partial charge in [-0.1, -0.05) is 0 Å². The lowest BCUT2D eigenvalue weighted by molar-refractivity contribution is -0.157. The first kappa shape index (κ1) is 17.2. The van der Waals surface area contributed by atoms with E-state index in [1.807, 2.05) is 0 Å². The zero-order chi connectivity index (χ0) is 16.5. The van der Waals surface area contributed by atoms with E-state index in [1.165, 1.54) is 6.92 Å². The molecule has 2 atom stereocenters. The molecule has 1 aliphatic carbocycles. The fraction of sp³-hybridized carbons (Fsp3) is 0.769. The van der Waals surface area contributed by atoms with Gasteiger partial charge in [0.2, 0.25) is 5.67 Å². The molecule has 1 saturated carbocycles. The minimum absolute atomic E-state index is 0.0474. The number of halogens is 1. The number of rotatable bonds is 4. The number of amides is 1. The standard InChI is InChI=1S/C13H20FNO6/c1-6-20-8(16)12(14)7-13(12,9(17)19-5)15-10(18)21-11(2,3)4/h6-7H2,1-5H3,(H,15,18). The van der Waals surface area contributed by atoms with Gasteiger partial charge in [0.05, 0.1) is 13.7 Å². The van der Waals surface area contributed by atoms with Gasteiger partial charge < -0.3 is 19.5 Å². The van der Waals surface area contributed by atoms with Gasteiger partial charge in [-0.05, 0) is 27.7 Å². The number of carbonyl (C=O) groups excluding carboxylic acids is 3. The highest BCUT2D eigenvalue weighted by molar-refractivity contribution is 6.02. The van der Waals surface area contributed by atoms with Crippen molar-refractivity contribution in [3.8, 4) is 0 Å². The normalized spacial score (nSPS) is 27.5. The van der Waals surface area contributed by atoms with Gasteiger partial charge in [-0.15, -0.1) is 0 Å². The first-order valence-electron chi connectivity index (χ1n) is 6.48. The van der Waals surface area contributed by atoms with Crippen LogP contribution in [0.15, 0.2) is 0 Å². The van der Waals surface area contributed by atoms with Crippen LogP contribution in [-0.4, -0.2) is 48.6 Å². The molecule has 2 unspecified atom stereocenters. The molecule has 0 bridgehead atoms. The Morgan fingerprint density at radius 3 is 2.24 bits per heavy atom. The average molecular weight is 305 g/mol. The topological polar surface area (TPSA) is 90.9 Å². The van der Waals surface area contributed by atoms with Crippen LogP contribution in [0.4, 0.5) is 9.18 Å². The predicted octanol–water partition coefficient (Wildman–Crippen LogP) is 1.10. The lowest BCUT2D eigenvalue weighted by atomic mass is 10.1. The molecule has 0 spiro atoms. The van der Waals surface area contributed by atoms with Crippen molar-refractivity contribution in [3.63, 3.8) is 0 Å². The van der Waals surface area contributed by atoms with Crippen LogP contribution >= 0.6 is 0 Å². The Labute approximate surface area is 122 Å². The van der Waals surface area contributed by atoms with Crippen LogP contribution in [0.5, 0.6) is 0 Å². The van der Waals surface area contributed by atoms with E-state index >= 15 is 0 Å². The van der Waals surface area contributed by atoms with Crippen LogP contribution in [0.25, 0.3) is 0 Å². The van der Waals surface area contributed by atoms with Gasteiger partial charge in [-0.2, -0.15) is 0 Å². The fourth-order valence-electron chi connectivity index (χ4n) is 1.89. The van der Waals surface area contributed by atoms with E-state index in [2.05, 4.69) is 14.8 Å². The SMILES string of the molecule is CCOC(=O)C1(F)CC1(NC(=O)OC(C)(C)C)C(=O)OC. The molecule has 7 nitrogen and oxygen atoms in total. The Balaban J connectivity index is 2.93. The molecule has 0 aromatic heterocycles. The van der Waals surface area contributed by atoms with Crippen molar-refractivity contribution >= 4 is 18.0 Å². The van der Waals surface area contributed by atoms with Gasteiger partial charge >= 0.3 is 18.0 Å². The third-order valence-electron chi connectivity index (χ3n) is 2.91. The van der Waals surface area contributed by atoms with E-state index in [-0.39, 0.29) is 6.61 Å². The zero-order valence-electron chi connectivity index (χ0n) is 12.7. The van der Waals surface area contributed by atoms with Crippen LogP contribution in [-0.2, 0) is 23.8 Å². The lowest BCUT2D eigenvalue weighted by Crippen LogP contribution is -2.52. The number of hydrogen-bond donors (Lipinski definition) is 1. The van der Waals surface area contributed by atoms with E-state index in [4.69, 9.17) is 4.74 Å². The second kappa shape index (κ2) is 5.50. The number of alkyl halides is 1. The van der Waals surface area contributed by atoms with E-state index < -0.39 is 41.3 Å². The smallest absolute Gasteiger partial charge is 0.408 e. The monoisotopic (exact) mass is 305 g/mol. The highest BCUT2D eigenvalue weighted by Gasteiger charge is 2.81. The molecule has 1 aliphatic rings. The number of hydrogen-bond acceptors (Lipinski definition) is 6. The summed E-state index contributed by atoms with van der Waals surface area (Å²) >= 11 is 0. The highest BCUT2D eigenvalue weighted by Crippen LogP contribution is 2.53. The van der Waals surface area contributed by atoms with Crippen molar-refractivity contribution in [2.24, 2.45) is 0 Å². The van der Waals surface area contributed by atoms with Gasteiger partial charge in [-0.25, -0.2) is 18.8 Å². The molecular formula is C13H20FNO6. The van der Waals surface area contributed by atoms with Crippen molar-refractivity contribution in [1.82, 2.24) is 5.32 Å². The molecule has 1 rings (SSSR count). The predicted molar refractivity (Wildman–Crippen MR) is 69.2 cm³/mol. The summed E-state index contributed by atoms with van der Waals surface area (Å²) in [6, 6.07) is 0. The summed E-state index contributed by atoms with van der Waals surface area (Å²) in [5.74, 6) is -2.28. The minimum atomic E-state index is -2.65. The summed E-state index contributed by atoms with van der Waals surface area (Å²) < 4.78 is 28.6. The summed E-state index contributed by atoms with van der Waals surface area (Å²) in [5, 5.41) is 2.09. The molecule has 8 heteroatoms. The Bertz CT molecular complexity index is 460. The van der Waals surface area contributed by atoms with Crippen molar-refractivity contribution in [3.05, 3.63) is 0 Å². The molecule has 21 heavy (non-hydrogen) atoms. The Hall–Kier alpha value is -1.86. The van der Waals surface area contributed by atoms with Crippen molar-refractivity contribution in [2.45, 2.75) is 50.9 Å². The molecule has 0 aromatic carbocycles. The molecule has 0 aliphatic heterocycles. The van der Waals surface area contributed by atoms with E-state index in [9.17, 15) is 18.8 Å². The maximum atomic E-state index is 14.6. The quantitative estimate of drug-likeness (QED) is 0.618. The fourth-order valence-corrected chi connectivity index (χ4v) is 1.89. The van der Waals surface area contributed by atoms with Crippen molar-refractivity contribution < 1.29 is 33.0 Å². The number of esters is 2. The summed E-state index contributed by atoms with van der Waals surface area (Å²) in [4.78, 5) is 35.2. The Kier molecular flexibility index (Phi) is 4.50.